The average Bonchev–Trinajstić information content (AvgIpc) is 3.01. The monoisotopic (exact) mass is 292 g/mol. The van der Waals surface area contributed by atoms with E-state index in [0.29, 0.717) is 23.9 Å². The minimum absolute atomic E-state index is 0.153. The van der Waals surface area contributed by atoms with Crippen molar-refractivity contribution in [1.29, 1.82) is 0 Å². The molecule has 1 amide bonds. The molecule has 0 bridgehead atoms. The minimum atomic E-state index is -0.733. The Morgan fingerprint density at radius 1 is 1.52 bits per heavy atom. The fourth-order valence-electron chi connectivity index (χ4n) is 2.63. The van der Waals surface area contributed by atoms with Crippen molar-refractivity contribution in [2.45, 2.75) is 19.9 Å². The van der Waals surface area contributed by atoms with Gasteiger partial charge < -0.3 is 9.64 Å². The number of alkyl halides is 1. The zero-order valence-corrected chi connectivity index (χ0v) is 12.2. The van der Waals surface area contributed by atoms with E-state index < -0.39 is 18.1 Å². The SMILES string of the molecule is COC1=CC=C(C2=NNC(=O)C2(C)C)N2CC(CF)N=C12. The Labute approximate surface area is 122 Å². The average molecular weight is 292 g/mol. The molecule has 0 spiro atoms. The lowest BCUT2D eigenvalue weighted by molar-refractivity contribution is -0.125. The van der Waals surface area contributed by atoms with Gasteiger partial charge in [-0.05, 0) is 26.0 Å². The number of allylic oxidation sites excluding steroid dienone is 3. The predicted molar refractivity (Wildman–Crippen MR) is 76.4 cm³/mol. The van der Waals surface area contributed by atoms with Crippen LogP contribution in [0.1, 0.15) is 13.8 Å². The lowest BCUT2D eigenvalue weighted by Gasteiger charge is -2.30. The highest BCUT2D eigenvalue weighted by atomic mass is 19.1. The molecule has 0 saturated heterocycles. The third kappa shape index (κ3) is 1.95. The van der Waals surface area contributed by atoms with Crippen molar-refractivity contribution in [2.24, 2.45) is 15.5 Å². The Bertz CT molecular complexity index is 618. The Morgan fingerprint density at radius 2 is 2.29 bits per heavy atom. The van der Waals surface area contributed by atoms with Crippen LogP contribution in [0.15, 0.2) is 33.7 Å². The lowest BCUT2D eigenvalue weighted by atomic mass is 9.84. The molecule has 0 radical (unpaired) electrons. The molecule has 0 fully saturated rings. The zero-order valence-electron chi connectivity index (χ0n) is 12.2. The number of hydrazone groups is 1. The molecular weight excluding hydrogens is 275 g/mol. The van der Waals surface area contributed by atoms with E-state index in [1.54, 1.807) is 13.2 Å². The first-order chi connectivity index (χ1) is 9.98. The first-order valence-electron chi connectivity index (χ1n) is 6.75. The van der Waals surface area contributed by atoms with Crippen LogP contribution in [0.25, 0.3) is 0 Å². The van der Waals surface area contributed by atoms with Crippen molar-refractivity contribution in [3.63, 3.8) is 0 Å². The molecule has 0 aromatic carbocycles. The summed E-state index contributed by atoms with van der Waals surface area (Å²) in [4.78, 5) is 18.1. The maximum Gasteiger partial charge on any atom is 0.251 e. The quantitative estimate of drug-likeness (QED) is 0.843. The first kappa shape index (κ1) is 13.8. The van der Waals surface area contributed by atoms with Gasteiger partial charge in [0.15, 0.2) is 11.6 Å². The molecular formula is C14H17FN4O2. The van der Waals surface area contributed by atoms with E-state index in [2.05, 4.69) is 15.5 Å². The summed E-state index contributed by atoms with van der Waals surface area (Å²) in [6, 6.07) is -0.422. The normalized spacial score (nSPS) is 26.6. The molecule has 1 unspecified atom stereocenters. The number of rotatable bonds is 3. The maximum absolute atomic E-state index is 13.0. The Balaban J connectivity index is 2.01. The molecule has 3 aliphatic rings. The Kier molecular flexibility index (Phi) is 3.07. The molecule has 0 aliphatic carbocycles. The number of amidine groups is 1. The van der Waals surface area contributed by atoms with Gasteiger partial charge in [0, 0.05) is 6.54 Å². The summed E-state index contributed by atoms with van der Waals surface area (Å²) in [5, 5.41) is 4.14. The number of hydrogen-bond acceptors (Lipinski definition) is 5. The number of ether oxygens (including phenoxy) is 1. The van der Waals surface area contributed by atoms with Crippen LogP contribution in [-0.4, -0.2) is 48.7 Å². The molecule has 112 valence electrons. The Hall–Kier alpha value is -2.18. The minimum Gasteiger partial charge on any atom is -0.493 e. The van der Waals surface area contributed by atoms with Crippen molar-refractivity contribution in [2.75, 3.05) is 20.3 Å². The first-order valence-corrected chi connectivity index (χ1v) is 6.75. The molecule has 1 atom stereocenters. The van der Waals surface area contributed by atoms with Crippen LogP contribution in [0.2, 0.25) is 0 Å². The van der Waals surface area contributed by atoms with Gasteiger partial charge in [0.1, 0.15) is 6.67 Å². The van der Waals surface area contributed by atoms with Crippen molar-refractivity contribution < 1.29 is 13.9 Å². The third-order valence-corrected chi connectivity index (χ3v) is 3.93. The highest BCUT2D eigenvalue weighted by Crippen LogP contribution is 2.33. The molecule has 0 aromatic rings. The standard InChI is InChI=1S/C14H17FN4O2/c1-14(2)11(17-18-13(14)20)9-4-5-10(21-3)12-16-8(6-15)7-19(9)12/h4-5,8H,6-7H2,1-3H3,(H,18,20). The molecule has 21 heavy (non-hydrogen) atoms. The van der Waals surface area contributed by atoms with E-state index in [9.17, 15) is 9.18 Å². The highest BCUT2D eigenvalue weighted by molar-refractivity contribution is 6.21. The smallest absolute Gasteiger partial charge is 0.251 e. The van der Waals surface area contributed by atoms with Gasteiger partial charge in [-0.25, -0.2) is 9.82 Å². The predicted octanol–water partition coefficient (Wildman–Crippen LogP) is 0.978. The third-order valence-electron chi connectivity index (χ3n) is 3.93. The van der Waals surface area contributed by atoms with Crippen molar-refractivity contribution in [1.82, 2.24) is 10.3 Å². The summed E-state index contributed by atoms with van der Waals surface area (Å²) in [5.41, 5.74) is 3.16. The van der Waals surface area contributed by atoms with Gasteiger partial charge in [0.05, 0.1) is 30.0 Å². The van der Waals surface area contributed by atoms with Crippen molar-refractivity contribution in [3.05, 3.63) is 23.6 Å². The number of carbonyl (C=O) groups excluding carboxylic acids is 1. The van der Waals surface area contributed by atoms with Gasteiger partial charge in [0.25, 0.3) is 5.91 Å². The molecule has 0 saturated carbocycles. The van der Waals surface area contributed by atoms with E-state index >= 15 is 0 Å². The molecule has 6 nitrogen and oxygen atoms in total. The fraction of sp³-hybridized carbons (Fsp3) is 0.500. The lowest BCUT2D eigenvalue weighted by Crippen LogP contribution is -2.41. The van der Waals surface area contributed by atoms with E-state index in [-0.39, 0.29) is 5.91 Å². The molecule has 7 heteroatoms. The van der Waals surface area contributed by atoms with Gasteiger partial charge in [-0.2, -0.15) is 5.10 Å². The number of amides is 1. The maximum atomic E-state index is 13.0. The second kappa shape index (κ2) is 4.68. The summed E-state index contributed by atoms with van der Waals surface area (Å²) in [6.45, 7) is 3.51. The second-order valence-corrected chi connectivity index (χ2v) is 5.68. The summed E-state index contributed by atoms with van der Waals surface area (Å²) in [7, 11) is 1.55. The summed E-state index contributed by atoms with van der Waals surface area (Å²) in [5.74, 6) is 1.03. The van der Waals surface area contributed by atoms with Gasteiger partial charge in [0.2, 0.25) is 0 Å². The summed E-state index contributed by atoms with van der Waals surface area (Å²) < 4.78 is 18.3. The number of carbonyl (C=O) groups is 1. The van der Waals surface area contributed by atoms with Crippen LogP contribution in [0.3, 0.4) is 0 Å². The van der Waals surface area contributed by atoms with Gasteiger partial charge >= 0.3 is 0 Å². The number of fused-ring (bicyclic) bond motifs is 1. The second-order valence-electron chi connectivity index (χ2n) is 5.68. The number of halogens is 1. The number of nitrogens with one attached hydrogen (secondary N) is 1. The number of nitrogens with zero attached hydrogens (tertiary/aromatic N) is 3. The van der Waals surface area contributed by atoms with Gasteiger partial charge in [-0.1, -0.05) is 0 Å². The van der Waals surface area contributed by atoms with Crippen molar-refractivity contribution in [3.8, 4) is 0 Å². The Morgan fingerprint density at radius 3 is 2.86 bits per heavy atom. The van der Waals surface area contributed by atoms with E-state index in [0.717, 1.165) is 5.70 Å². The summed E-state index contributed by atoms with van der Waals surface area (Å²) >= 11 is 0. The summed E-state index contributed by atoms with van der Waals surface area (Å²) in [6.07, 6.45) is 3.60. The molecule has 0 aromatic heterocycles. The van der Waals surface area contributed by atoms with E-state index in [1.165, 1.54) is 0 Å². The largest absolute Gasteiger partial charge is 0.493 e. The van der Waals surface area contributed by atoms with Crippen LogP contribution < -0.4 is 5.43 Å². The van der Waals surface area contributed by atoms with E-state index in [4.69, 9.17) is 4.74 Å². The van der Waals surface area contributed by atoms with Crippen LogP contribution in [0, 0.1) is 5.41 Å². The fourth-order valence-corrected chi connectivity index (χ4v) is 2.63. The molecule has 3 rings (SSSR count). The number of aliphatic imine (C=N–C) groups is 1. The van der Waals surface area contributed by atoms with Crippen LogP contribution in [0.5, 0.6) is 0 Å². The highest BCUT2D eigenvalue weighted by Gasteiger charge is 2.44. The van der Waals surface area contributed by atoms with E-state index in [1.807, 2.05) is 24.8 Å². The number of hydrogen-bond donors (Lipinski definition) is 1. The van der Waals surface area contributed by atoms with Crippen LogP contribution >= 0.6 is 0 Å². The molecule has 3 aliphatic heterocycles. The van der Waals surface area contributed by atoms with Crippen molar-refractivity contribution >= 4 is 17.5 Å². The van der Waals surface area contributed by atoms with Gasteiger partial charge in [-0.15, -0.1) is 0 Å². The zero-order chi connectivity index (χ0) is 15.2. The topological polar surface area (TPSA) is 66.3 Å². The van der Waals surface area contributed by atoms with Gasteiger partial charge in [-0.3, -0.25) is 9.79 Å². The molecule has 3 heterocycles. The molecule has 1 N–H and O–H groups in total. The van der Waals surface area contributed by atoms with Crippen LogP contribution in [0.4, 0.5) is 4.39 Å². The number of methoxy groups -OCH3 is 1. The van der Waals surface area contributed by atoms with Crippen LogP contribution in [-0.2, 0) is 9.53 Å².